The number of allylic oxidation sites excluding steroid dienone is 4. The maximum Gasteiger partial charge on any atom is 0.416 e. The quantitative estimate of drug-likeness (QED) is 0.620. The third-order valence-electron chi connectivity index (χ3n) is 4.93. The van der Waals surface area contributed by atoms with Gasteiger partial charge in [-0.3, -0.25) is 14.9 Å². The van der Waals surface area contributed by atoms with Gasteiger partial charge in [-0.15, -0.1) is 0 Å². The predicted octanol–water partition coefficient (Wildman–Crippen LogP) is 1.67. The second kappa shape index (κ2) is 6.12. The zero-order valence-corrected chi connectivity index (χ0v) is 13.9. The molecule has 1 atom stereocenters. The lowest BCUT2D eigenvalue weighted by Gasteiger charge is -2.24. The zero-order valence-electron chi connectivity index (χ0n) is 13.9. The summed E-state index contributed by atoms with van der Waals surface area (Å²) in [6, 6.07) is 1.31. The molecule has 1 aromatic rings. The van der Waals surface area contributed by atoms with Crippen molar-refractivity contribution in [3.63, 3.8) is 0 Å². The summed E-state index contributed by atoms with van der Waals surface area (Å²) < 4.78 is 40.7. The Balaban J connectivity index is 1.88. The number of rotatable bonds is 2. The molecule has 11 heteroatoms. The summed E-state index contributed by atoms with van der Waals surface area (Å²) in [7, 11) is 0. The van der Waals surface area contributed by atoms with Crippen molar-refractivity contribution in [2.75, 3.05) is 13.1 Å². The highest BCUT2D eigenvalue weighted by Crippen LogP contribution is 2.40. The molecular weight excluding hydrogens is 367 g/mol. The van der Waals surface area contributed by atoms with Crippen LogP contribution < -0.4 is 10.9 Å². The number of piperidine rings is 1. The minimum absolute atomic E-state index is 0.00791. The fraction of sp³-hybridized carbons (Fsp3) is 0.438. The summed E-state index contributed by atoms with van der Waals surface area (Å²) in [6.07, 6.45) is -2.03. The van der Waals surface area contributed by atoms with Crippen LogP contribution in [0, 0.1) is 10.1 Å². The maximum absolute atomic E-state index is 13.1. The fourth-order valence-electron chi connectivity index (χ4n) is 3.68. The van der Waals surface area contributed by atoms with E-state index in [9.17, 15) is 28.1 Å². The number of fused-ring (bicyclic) bond motifs is 3. The SMILES string of the molecule is O=c1cc(C2CCNCC2)n2c(n1)C1C([N+](=O)[O-])=CC(C(F)(F)F)=CC1=N2. The number of aromatic nitrogens is 2. The van der Waals surface area contributed by atoms with E-state index in [0.717, 1.165) is 32.0 Å². The van der Waals surface area contributed by atoms with Crippen molar-refractivity contribution in [1.29, 1.82) is 0 Å². The van der Waals surface area contributed by atoms with Crippen LogP contribution in [-0.4, -0.2) is 39.6 Å². The van der Waals surface area contributed by atoms with Crippen molar-refractivity contribution in [3.8, 4) is 0 Å². The molecule has 0 amide bonds. The van der Waals surface area contributed by atoms with Crippen LogP contribution in [-0.2, 0) is 0 Å². The summed E-state index contributed by atoms with van der Waals surface area (Å²) in [4.78, 5) is 26.5. The van der Waals surface area contributed by atoms with Gasteiger partial charge in [-0.25, -0.2) is 4.68 Å². The third kappa shape index (κ3) is 2.97. The Hall–Kier alpha value is -2.82. The van der Waals surface area contributed by atoms with Gasteiger partial charge in [0.2, 0.25) is 0 Å². The molecule has 8 nitrogen and oxygen atoms in total. The number of hydrogen-bond acceptors (Lipinski definition) is 6. The molecule has 1 aliphatic carbocycles. The second-order valence-electron chi connectivity index (χ2n) is 6.60. The van der Waals surface area contributed by atoms with E-state index in [0.29, 0.717) is 11.8 Å². The van der Waals surface area contributed by atoms with Gasteiger partial charge in [0, 0.05) is 18.1 Å². The normalized spacial score (nSPS) is 22.5. The van der Waals surface area contributed by atoms with Gasteiger partial charge in [0.25, 0.3) is 11.3 Å². The Morgan fingerprint density at radius 3 is 2.59 bits per heavy atom. The average Bonchev–Trinajstić information content (AvgIpc) is 2.98. The van der Waals surface area contributed by atoms with E-state index >= 15 is 0 Å². The Bertz CT molecular complexity index is 970. The monoisotopic (exact) mass is 381 g/mol. The molecule has 3 heterocycles. The van der Waals surface area contributed by atoms with Gasteiger partial charge >= 0.3 is 6.18 Å². The van der Waals surface area contributed by atoms with Gasteiger partial charge < -0.3 is 5.32 Å². The van der Waals surface area contributed by atoms with Crippen LogP contribution in [0.4, 0.5) is 13.2 Å². The Morgan fingerprint density at radius 1 is 1.26 bits per heavy atom. The first-order chi connectivity index (χ1) is 12.8. The highest BCUT2D eigenvalue weighted by Gasteiger charge is 2.46. The van der Waals surface area contributed by atoms with Crippen molar-refractivity contribution >= 4 is 5.71 Å². The van der Waals surface area contributed by atoms with Gasteiger partial charge in [0.05, 0.1) is 21.9 Å². The Kier molecular flexibility index (Phi) is 3.98. The summed E-state index contributed by atoms with van der Waals surface area (Å²) in [6.45, 7) is 1.46. The highest BCUT2D eigenvalue weighted by atomic mass is 19.4. The molecule has 142 valence electrons. The lowest BCUT2D eigenvalue weighted by Crippen LogP contribution is -2.30. The van der Waals surface area contributed by atoms with E-state index in [-0.39, 0.29) is 17.5 Å². The number of hydrogen-bond donors (Lipinski definition) is 1. The Morgan fingerprint density at radius 2 is 1.96 bits per heavy atom. The van der Waals surface area contributed by atoms with Gasteiger partial charge in [0.1, 0.15) is 0 Å². The van der Waals surface area contributed by atoms with Gasteiger partial charge in [0.15, 0.2) is 11.7 Å². The number of nitrogens with zero attached hydrogens (tertiary/aromatic N) is 4. The van der Waals surface area contributed by atoms with E-state index in [1.54, 1.807) is 0 Å². The van der Waals surface area contributed by atoms with Gasteiger partial charge in [-0.05, 0) is 32.0 Å². The number of halogens is 3. The molecule has 1 unspecified atom stereocenters. The molecule has 1 N–H and O–H groups in total. The first-order valence-corrected chi connectivity index (χ1v) is 8.34. The van der Waals surface area contributed by atoms with Crippen molar-refractivity contribution in [1.82, 2.24) is 15.0 Å². The van der Waals surface area contributed by atoms with E-state index in [1.165, 1.54) is 10.7 Å². The molecule has 0 radical (unpaired) electrons. The van der Waals surface area contributed by atoms with Crippen molar-refractivity contribution in [2.45, 2.75) is 30.9 Å². The maximum atomic E-state index is 13.1. The number of nitro groups is 1. The summed E-state index contributed by atoms with van der Waals surface area (Å²) in [5.74, 6) is -1.23. The standard InChI is InChI=1S/C16H14F3N5O3/c17-16(18,19)9-5-10-14(12(6-9)24(26)27)15-21-13(25)7-11(23(15)22-10)8-1-3-20-4-2-8/h5-8,14,20H,1-4H2. The molecule has 0 spiro atoms. The fourth-order valence-corrected chi connectivity index (χ4v) is 3.68. The van der Waals surface area contributed by atoms with E-state index in [1.807, 2.05) is 0 Å². The van der Waals surface area contributed by atoms with E-state index in [2.05, 4.69) is 15.4 Å². The molecular formula is C16H14F3N5O3. The van der Waals surface area contributed by atoms with Crippen LogP contribution >= 0.6 is 0 Å². The average molecular weight is 381 g/mol. The van der Waals surface area contributed by atoms with Crippen LogP contribution in [0.3, 0.4) is 0 Å². The smallest absolute Gasteiger partial charge is 0.317 e. The molecule has 4 rings (SSSR count). The van der Waals surface area contributed by atoms with E-state index < -0.39 is 33.8 Å². The molecule has 2 aliphatic heterocycles. The largest absolute Gasteiger partial charge is 0.416 e. The number of nitrogens with one attached hydrogen (secondary N) is 1. The molecule has 1 fully saturated rings. The van der Waals surface area contributed by atoms with Crippen LogP contribution in [0.1, 0.15) is 36.2 Å². The van der Waals surface area contributed by atoms with Crippen molar-refractivity contribution in [3.05, 3.63) is 61.5 Å². The molecule has 3 aliphatic rings. The summed E-state index contributed by atoms with van der Waals surface area (Å²) in [5, 5.41) is 18.8. The lowest BCUT2D eigenvalue weighted by molar-refractivity contribution is -0.428. The second-order valence-corrected chi connectivity index (χ2v) is 6.60. The molecule has 1 saturated heterocycles. The van der Waals surface area contributed by atoms with Crippen LogP contribution in [0.25, 0.3) is 0 Å². The van der Waals surface area contributed by atoms with Crippen molar-refractivity contribution < 1.29 is 18.1 Å². The van der Waals surface area contributed by atoms with E-state index in [4.69, 9.17) is 0 Å². The minimum Gasteiger partial charge on any atom is -0.317 e. The predicted molar refractivity (Wildman–Crippen MR) is 88.1 cm³/mol. The molecule has 0 saturated carbocycles. The molecule has 0 aromatic carbocycles. The van der Waals surface area contributed by atoms with Crippen LogP contribution in [0.2, 0.25) is 0 Å². The summed E-state index contributed by atoms with van der Waals surface area (Å²) in [5.41, 5.74) is -2.03. The molecule has 0 bridgehead atoms. The topological polar surface area (TPSA) is 102 Å². The molecule has 27 heavy (non-hydrogen) atoms. The molecule has 1 aromatic heterocycles. The highest BCUT2D eigenvalue weighted by molar-refractivity contribution is 6.05. The Labute approximate surface area is 150 Å². The minimum atomic E-state index is -4.75. The van der Waals surface area contributed by atoms with Crippen molar-refractivity contribution in [2.24, 2.45) is 5.10 Å². The summed E-state index contributed by atoms with van der Waals surface area (Å²) >= 11 is 0. The van der Waals surface area contributed by atoms with Gasteiger partial charge in [-0.2, -0.15) is 23.3 Å². The lowest BCUT2D eigenvalue weighted by atomic mass is 9.90. The first-order valence-electron chi connectivity index (χ1n) is 8.34. The zero-order chi connectivity index (χ0) is 19.3. The van der Waals surface area contributed by atoms with Crippen LogP contribution in [0.15, 0.2) is 39.4 Å². The third-order valence-corrected chi connectivity index (χ3v) is 4.93. The number of alkyl halides is 3. The van der Waals surface area contributed by atoms with Gasteiger partial charge in [-0.1, -0.05) is 0 Å². The van der Waals surface area contributed by atoms with Crippen LogP contribution in [0.5, 0.6) is 0 Å². The first kappa shape index (κ1) is 17.6.